The van der Waals surface area contributed by atoms with Crippen molar-refractivity contribution in [3.8, 4) is 0 Å². The van der Waals surface area contributed by atoms with Crippen molar-refractivity contribution in [3.63, 3.8) is 0 Å². The van der Waals surface area contributed by atoms with E-state index in [-0.39, 0.29) is 0 Å². The average molecular weight is 257 g/mol. The van der Waals surface area contributed by atoms with Crippen LogP contribution in [0.1, 0.15) is 23.1 Å². The zero-order valence-corrected chi connectivity index (χ0v) is 10.3. The van der Waals surface area contributed by atoms with Gasteiger partial charge in [-0.2, -0.15) is 0 Å². The van der Waals surface area contributed by atoms with Crippen LogP contribution in [-0.2, 0) is 0 Å². The molecular weight excluding hydrogens is 245 g/mol. The first-order valence-corrected chi connectivity index (χ1v) is 5.86. The number of nitrogens with two attached hydrogens (primary N) is 1. The van der Waals surface area contributed by atoms with Gasteiger partial charge in [0.25, 0.3) is 0 Å². The minimum absolute atomic E-state index is 0.418. The van der Waals surface area contributed by atoms with Crippen LogP contribution in [-0.4, -0.2) is 9.97 Å². The Morgan fingerprint density at radius 3 is 2.89 bits per heavy atom. The summed E-state index contributed by atoms with van der Waals surface area (Å²) in [4.78, 5) is 8.14. The summed E-state index contributed by atoms with van der Waals surface area (Å²) in [5.74, 6) is 0.124. The number of hydrogen-bond donors (Lipinski definition) is 1. The summed E-state index contributed by atoms with van der Waals surface area (Å²) in [5.41, 5.74) is 8.94. The lowest BCUT2D eigenvalue weighted by Crippen LogP contribution is -2.11. The normalized spacial score (nSPS) is 12.8. The standard InChI is InChI=1S/C14H12FN3O/c1-8-2-3-12-11(18-8)5-13(19-12)14(16)9-4-10(15)7-17-6-9/h2-7,14H,16H2,1H3. The van der Waals surface area contributed by atoms with Crippen molar-refractivity contribution in [1.82, 2.24) is 9.97 Å². The van der Waals surface area contributed by atoms with E-state index in [9.17, 15) is 4.39 Å². The van der Waals surface area contributed by atoms with E-state index in [1.54, 1.807) is 6.07 Å². The van der Waals surface area contributed by atoms with Gasteiger partial charge in [0.2, 0.25) is 0 Å². The Bertz CT molecular complexity index is 738. The van der Waals surface area contributed by atoms with Crippen LogP contribution in [0.25, 0.3) is 11.1 Å². The number of nitrogens with zero attached hydrogens (tertiary/aromatic N) is 2. The molecule has 0 bridgehead atoms. The fourth-order valence-electron chi connectivity index (χ4n) is 1.96. The number of pyridine rings is 2. The highest BCUT2D eigenvalue weighted by molar-refractivity contribution is 5.73. The zero-order valence-electron chi connectivity index (χ0n) is 10.3. The molecule has 3 aromatic rings. The van der Waals surface area contributed by atoms with Crippen molar-refractivity contribution in [2.45, 2.75) is 13.0 Å². The first kappa shape index (κ1) is 11.8. The second-order valence-corrected chi connectivity index (χ2v) is 4.40. The maximum absolute atomic E-state index is 13.1. The summed E-state index contributed by atoms with van der Waals surface area (Å²) in [6.45, 7) is 1.91. The summed E-state index contributed by atoms with van der Waals surface area (Å²) in [5, 5.41) is 0. The zero-order chi connectivity index (χ0) is 13.4. The van der Waals surface area contributed by atoms with Gasteiger partial charge in [0, 0.05) is 18.0 Å². The van der Waals surface area contributed by atoms with E-state index in [0.29, 0.717) is 16.9 Å². The lowest BCUT2D eigenvalue weighted by Gasteiger charge is -2.07. The van der Waals surface area contributed by atoms with Crippen molar-refractivity contribution in [1.29, 1.82) is 0 Å². The molecule has 3 aromatic heterocycles. The molecule has 0 aliphatic heterocycles. The number of aromatic nitrogens is 2. The van der Waals surface area contributed by atoms with E-state index in [2.05, 4.69) is 9.97 Å². The number of hydrogen-bond acceptors (Lipinski definition) is 4. The van der Waals surface area contributed by atoms with Gasteiger partial charge in [-0.1, -0.05) is 0 Å². The Labute approximate surface area is 109 Å². The van der Waals surface area contributed by atoms with E-state index in [1.807, 2.05) is 19.1 Å². The molecule has 1 unspecified atom stereocenters. The van der Waals surface area contributed by atoms with Crippen LogP contribution in [0.3, 0.4) is 0 Å². The second kappa shape index (κ2) is 4.44. The molecule has 0 radical (unpaired) electrons. The largest absolute Gasteiger partial charge is 0.457 e. The van der Waals surface area contributed by atoms with E-state index >= 15 is 0 Å². The minimum atomic E-state index is -0.558. The lowest BCUT2D eigenvalue weighted by atomic mass is 10.1. The Morgan fingerprint density at radius 1 is 1.26 bits per heavy atom. The van der Waals surface area contributed by atoms with Crippen molar-refractivity contribution >= 4 is 11.1 Å². The van der Waals surface area contributed by atoms with E-state index < -0.39 is 11.9 Å². The van der Waals surface area contributed by atoms with Crippen LogP contribution in [0.5, 0.6) is 0 Å². The molecule has 5 heteroatoms. The molecule has 96 valence electrons. The second-order valence-electron chi connectivity index (χ2n) is 4.40. The van der Waals surface area contributed by atoms with Gasteiger partial charge in [-0.05, 0) is 30.7 Å². The molecule has 0 spiro atoms. The average Bonchev–Trinajstić information content (AvgIpc) is 2.80. The quantitative estimate of drug-likeness (QED) is 0.766. The summed E-state index contributed by atoms with van der Waals surface area (Å²) >= 11 is 0. The first-order chi connectivity index (χ1) is 9.13. The maximum Gasteiger partial charge on any atom is 0.152 e. The maximum atomic E-state index is 13.1. The highest BCUT2D eigenvalue weighted by Gasteiger charge is 2.15. The first-order valence-electron chi connectivity index (χ1n) is 5.86. The predicted octanol–water partition coefficient (Wildman–Crippen LogP) is 2.72. The summed E-state index contributed by atoms with van der Waals surface area (Å²) in [6.07, 6.45) is 2.67. The van der Waals surface area contributed by atoms with Gasteiger partial charge < -0.3 is 10.2 Å². The molecule has 0 fully saturated rings. The highest BCUT2D eigenvalue weighted by Crippen LogP contribution is 2.25. The fourth-order valence-corrected chi connectivity index (χ4v) is 1.96. The third kappa shape index (κ3) is 2.20. The molecule has 0 saturated carbocycles. The van der Waals surface area contributed by atoms with Crippen LogP contribution in [0.15, 0.2) is 41.1 Å². The third-order valence-electron chi connectivity index (χ3n) is 2.92. The van der Waals surface area contributed by atoms with Crippen molar-refractivity contribution < 1.29 is 8.81 Å². The van der Waals surface area contributed by atoms with Gasteiger partial charge >= 0.3 is 0 Å². The molecule has 0 saturated heterocycles. The van der Waals surface area contributed by atoms with Gasteiger partial charge in [-0.3, -0.25) is 4.98 Å². The van der Waals surface area contributed by atoms with Gasteiger partial charge in [0.1, 0.15) is 17.1 Å². The van der Waals surface area contributed by atoms with Crippen LogP contribution in [0.2, 0.25) is 0 Å². The van der Waals surface area contributed by atoms with Crippen LogP contribution in [0.4, 0.5) is 4.39 Å². The summed E-state index contributed by atoms with van der Waals surface area (Å²) in [7, 11) is 0. The number of halogens is 1. The van der Waals surface area contributed by atoms with Gasteiger partial charge in [0.15, 0.2) is 5.58 Å². The number of fused-ring (bicyclic) bond motifs is 1. The molecule has 0 aromatic carbocycles. The smallest absolute Gasteiger partial charge is 0.152 e. The topological polar surface area (TPSA) is 64.9 Å². The molecule has 1 atom stereocenters. The fraction of sp³-hybridized carbons (Fsp3) is 0.143. The summed E-state index contributed by atoms with van der Waals surface area (Å²) in [6, 6.07) is 6.28. The van der Waals surface area contributed by atoms with Gasteiger partial charge in [0.05, 0.1) is 12.2 Å². The third-order valence-corrected chi connectivity index (χ3v) is 2.92. The van der Waals surface area contributed by atoms with E-state index in [4.69, 9.17) is 10.2 Å². The van der Waals surface area contributed by atoms with Crippen molar-refractivity contribution in [3.05, 3.63) is 59.5 Å². The van der Waals surface area contributed by atoms with Gasteiger partial charge in [-0.25, -0.2) is 9.37 Å². The monoisotopic (exact) mass is 257 g/mol. The Kier molecular flexibility index (Phi) is 2.76. The molecule has 0 amide bonds. The van der Waals surface area contributed by atoms with Crippen LogP contribution < -0.4 is 5.73 Å². The molecule has 3 rings (SSSR count). The molecule has 4 nitrogen and oxygen atoms in total. The Hall–Kier alpha value is -2.27. The van der Waals surface area contributed by atoms with Crippen molar-refractivity contribution in [2.75, 3.05) is 0 Å². The molecule has 0 aliphatic carbocycles. The lowest BCUT2D eigenvalue weighted by molar-refractivity contribution is 0.522. The van der Waals surface area contributed by atoms with Crippen LogP contribution in [0, 0.1) is 12.7 Å². The molecule has 3 heterocycles. The number of rotatable bonds is 2. The summed E-state index contributed by atoms with van der Waals surface area (Å²) < 4.78 is 18.8. The number of furan rings is 1. The molecule has 2 N–H and O–H groups in total. The SMILES string of the molecule is Cc1ccc2oc(C(N)c3cncc(F)c3)cc2n1. The molecular formula is C14H12FN3O. The molecule has 19 heavy (non-hydrogen) atoms. The number of aryl methyl sites for hydroxylation is 1. The molecule has 0 aliphatic rings. The van der Waals surface area contributed by atoms with Gasteiger partial charge in [-0.15, -0.1) is 0 Å². The minimum Gasteiger partial charge on any atom is -0.457 e. The van der Waals surface area contributed by atoms with Crippen LogP contribution >= 0.6 is 0 Å². The van der Waals surface area contributed by atoms with E-state index in [0.717, 1.165) is 17.4 Å². The Morgan fingerprint density at radius 2 is 2.11 bits per heavy atom. The predicted molar refractivity (Wildman–Crippen MR) is 69.0 cm³/mol. The Balaban J connectivity index is 2.04. The van der Waals surface area contributed by atoms with E-state index in [1.165, 1.54) is 12.3 Å². The van der Waals surface area contributed by atoms with Crippen molar-refractivity contribution in [2.24, 2.45) is 5.73 Å². The highest BCUT2D eigenvalue weighted by atomic mass is 19.1.